The van der Waals surface area contributed by atoms with Crippen molar-refractivity contribution in [2.24, 2.45) is 0 Å². The van der Waals surface area contributed by atoms with Crippen LogP contribution in [-0.2, 0) is 0 Å². The predicted octanol–water partition coefficient (Wildman–Crippen LogP) is -1.14. The molecule has 9 heteroatoms. The largest absolute Gasteiger partial charge is 0.543 e. The van der Waals surface area contributed by atoms with Gasteiger partial charge in [-0.3, -0.25) is 20.6 Å². The van der Waals surface area contributed by atoms with Crippen molar-refractivity contribution in [1.29, 1.82) is 5.26 Å². The number of hydrogen-bond acceptors (Lipinski definition) is 8. The Labute approximate surface area is 118 Å². The van der Waals surface area contributed by atoms with Crippen molar-refractivity contribution in [1.82, 2.24) is 20.4 Å². The number of amides is 1. The number of carbonyl (C=O) groups excluding carboxylic acids is 2. The molecule has 0 aromatic carbocycles. The first-order chi connectivity index (χ1) is 10.1. The molecule has 0 aliphatic heterocycles. The molecule has 0 unspecified atom stereocenters. The lowest BCUT2D eigenvalue weighted by molar-refractivity contribution is -0.255. The fourth-order valence-corrected chi connectivity index (χ4v) is 1.42. The molecule has 1 amide bonds. The standard InChI is InChI=1S/C12H8N6O3/c13-6-7-2-1-3-16-10(7)17-18-11(19)8-9(12(20)21)15-5-4-14-8/h1-5H,(H,16,17)(H,18,19)(H,20,21)/p-1. The summed E-state index contributed by atoms with van der Waals surface area (Å²) in [5.74, 6) is -2.35. The molecular weight excluding hydrogens is 276 g/mol. The first-order valence-corrected chi connectivity index (χ1v) is 5.57. The average molecular weight is 283 g/mol. The van der Waals surface area contributed by atoms with Gasteiger partial charge in [-0.1, -0.05) is 0 Å². The summed E-state index contributed by atoms with van der Waals surface area (Å²) in [4.78, 5) is 33.7. The average Bonchev–Trinajstić information content (AvgIpc) is 2.52. The number of nitrogens with zero attached hydrogens (tertiary/aromatic N) is 4. The number of rotatable bonds is 4. The third-order valence-electron chi connectivity index (χ3n) is 2.33. The van der Waals surface area contributed by atoms with Gasteiger partial charge in [-0.05, 0) is 12.1 Å². The molecule has 2 aromatic heterocycles. The molecule has 0 spiro atoms. The van der Waals surface area contributed by atoms with Gasteiger partial charge in [0, 0.05) is 18.6 Å². The van der Waals surface area contributed by atoms with Crippen LogP contribution in [0.1, 0.15) is 26.5 Å². The van der Waals surface area contributed by atoms with E-state index in [0.29, 0.717) is 0 Å². The molecule has 2 rings (SSSR count). The highest BCUT2D eigenvalue weighted by Crippen LogP contribution is 2.08. The summed E-state index contributed by atoms with van der Waals surface area (Å²) in [7, 11) is 0. The van der Waals surface area contributed by atoms with Gasteiger partial charge in [0.05, 0.1) is 11.5 Å². The van der Waals surface area contributed by atoms with Crippen LogP contribution in [-0.4, -0.2) is 26.8 Å². The summed E-state index contributed by atoms with van der Waals surface area (Å²) in [6, 6.07) is 4.93. The molecule has 2 aromatic rings. The van der Waals surface area contributed by atoms with E-state index in [2.05, 4.69) is 25.8 Å². The van der Waals surface area contributed by atoms with Crippen LogP contribution in [0.3, 0.4) is 0 Å². The second-order valence-corrected chi connectivity index (χ2v) is 3.63. The molecule has 0 aliphatic rings. The maximum Gasteiger partial charge on any atom is 0.290 e. The zero-order chi connectivity index (χ0) is 15.2. The van der Waals surface area contributed by atoms with E-state index in [1.807, 2.05) is 6.07 Å². The highest BCUT2D eigenvalue weighted by Gasteiger charge is 2.15. The van der Waals surface area contributed by atoms with Gasteiger partial charge in [-0.25, -0.2) is 9.97 Å². The van der Waals surface area contributed by atoms with Crippen LogP contribution < -0.4 is 16.0 Å². The maximum absolute atomic E-state index is 11.9. The highest BCUT2D eigenvalue weighted by atomic mass is 16.4. The van der Waals surface area contributed by atoms with E-state index in [-0.39, 0.29) is 11.4 Å². The molecule has 0 fully saturated rings. The lowest BCUT2D eigenvalue weighted by atomic mass is 10.3. The van der Waals surface area contributed by atoms with Crippen LogP contribution in [0.5, 0.6) is 0 Å². The number of hydrazine groups is 1. The van der Waals surface area contributed by atoms with Crippen LogP contribution >= 0.6 is 0 Å². The van der Waals surface area contributed by atoms with Crippen LogP contribution in [0.2, 0.25) is 0 Å². The van der Waals surface area contributed by atoms with Gasteiger partial charge >= 0.3 is 0 Å². The number of carboxylic acid groups (broad SMARTS) is 1. The highest BCUT2D eigenvalue weighted by molar-refractivity contribution is 6.01. The number of carbonyl (C=O) groups is 2. The third kappa shape index (κ3) is 3.07. The number of carboxylic acids is 1. The number of nitriles is 1. The van der Waals surface area contributed by atoms with Gasteiger partial charge in [-0.15, -0.1) is 0 Å². The summed E-state index contributed by atoms with van der Waals surface area (Å²) in [5, 5.41) is 19.7. The third-order valence-corrected chi connectivity index (χ3v) is 2.33. The van der Waals surface area contributed by atoms with Crippen LogP contribution in [0.15, 0.2) is 30.7 Å². The zero-order valence-electron chi connectivity index (χ0n) is 10.4. The zero-order valence-corrected chi connectivity index (χ0v) is 10.4. The molecule has 0 aliphatic carbocycles. The molecule has 0 atom stereocenters. The Bertz CT molecular complexity index is 740. The van der Waals surface area contributed by atoms with E-state index in [0.717, 1.165) is 6.20 Å². The molecule has 0 saturated carbocycles. The number of anilines is 1. The van der Waals surface area contributed by atoms with Crippen molar-refractivity contribution >= 4 is 17.7 Å². The molecule has 0 radical (unpaired) electrons. The van der Waals surface area contributed by atoms with Crippen LogP contribution in [0.25, 0.3) is 0 Å². The summed E-state index contributed by atoms with van der Waals surface area (Å²) < 4.78 is 0. The first kappa shape index (κ1) is 13.9. The number of pyridine rings is 1. The fraction of sp³-hybridized carbons (Fsp3) is 0. The molecule has 104 valence electrons. The number of hydrogen-bond donors (Lipinski definition) is 2. The second kappa shape index (κ2) is 6.07. The summed E-state index contributed by atoms with van der Waals surface area (Å²) in [6.07, 6.45) is 3.72. The van der Waals surface area contributed by atoms with Gasteiger partial charge in [0.1, 0.15) is 11.8 Å². The Balaban J connectivity index is 2.16. The van der Waals surface area contributed by atoms with Crippen LogP contribution in [0, 0.1) is 11.3 Å². The fourth-order valence-electron chi connectivity index (χ4n) is 1.42. The summed E-state index contributed by atoms with van der Waals surface area (Å²) in [6.45, 7) is 0. The van der Waals surface area contributed by atoms with E-state index >= 15 is 0 Å². The maximum atomic E-state index is 11.9. The van der Waals surface area contributed by atoms with E-state index in [1.54, 1.807) is 6.07 Å². The molecular formula is C12H7N6O3-. The molecule has 9 nitrogen and oxygen atoms in total. The minimum atomic E-state index is -1.62. The van der Waals surface area contributed by atoms with Gasteiger partial charge in [0.15, 0.2) is 11.5 Å². The van der Waals surface area contributed by atoms with Crippen molar-refractivity contribution < 1.29 is 14.7 Å². The van der Waals surface area contributed by atoms with E-state index in [4.69, 9.17) is 5.26 Å². The first-order valence-electron chi connectivity index (χ1n) is 5.57. The van der Waals surface area contributed by atoms with E-state index in [9.17, 15) is 14.7 Å². The summed E-state index contributed by atoms with van der Waals surface area (Å²) >= 11 is 0. The van der Waals surface area contributed by atoms with E-state index < -0.39 is 23.3 Å². The number of aromatic carboxylic acids is 1. The molecule has 0 bridgehead atoms. The Kier molecular flexibility index (Phi) is 4.01. The van der Waals surface area contributed by atoms with Gasteiger partial charge < -0.3 is 9.90 Å². The normalized spacial score (nSPS) is 9.48. The Morgan fingerprint density at radius 3 is 2.52 bits per heavy atom. The predicted molar refractivity (Wildman–Crippen MR) is 66.4 cm³/mol. The minimum absolute atomic E-state index is 0.118. The SMILES string of the molecule is N#Cc1cccnc1NNC(=O)c1nccnc1C(=O)[O-]. The molecule has 21 heavy (non-hydrogen) atoms. The topological polar surface area (TPSA) is 144 Å². The Hall–Kier alpha value is -3.54. The summed E-state index contributed by atoms with van der Waals surface area (Å²) in [5.41, 5.74) is 3.81. The van der Waals surface area contributed by atoms with Crippen molar-refractivity contribution in [2.45, 2.75) is 0 Å². The van der Waals surface area contributed by atoms with Gasteiger partial charge in [-0.2, -0.15) is 5.26 Å². The monoisotopic (exact) mass is 283 g/mol. The van der Waals surface area contributed by atoms with Crippen molar-refractivity contribution in [3.05, 3.63) is 47.7 Å². The number of nitrogens with one attached hydrogen (secondary N) is 2. The second-order valence-electron chi connectivity index (χ2n) is 3.63. The Morgan fingerprint density at radius 1 is 1.14 bits per heavy atom. The Morgan fingerprint density at radius 2 is 1.86 bits per heavy atom. The van der Waals surface area contributed by atoms with Crippen LogP contribution in [0.4, 0.5) is 5.82 Å². The van der Waals surface area contributed by atoms with Crippen molar-refractivity contribution in [2.75, 3.05) is 5.43 Å². The van der Waals surface area contributed by atoms with Crippen molar-refractivity contribution in [3.63, 3.8) is 0 Å². The molecule has 2 N–H and O–H groups in total. The lowest BCUT2D eigenvalue weighted by Gasteiger charge is -2.10. The van der Waals surface area contributed by atoms with Gasteiger partial charge in [0.2, 0.25) is 0 Å². The van der Waals surface area contributed by atoms with Crippen molar-refractivity contribution in [3.8, 4) is 6.07 Å². The lowest BCUT2D eigenvalue weighted by Crippen LogP contribution is -2.34. The van der Waals surface area contributed by atoms with Gasteiger partial charge in [0.25, 0.3) is 5.91 Å². The smallest absolute Gasteiger partial charge is 0.290 e. The number of aromatic nitrogens is 3. The quantitative estimate of drug-likeness (QED) is 0.670. The molecule has 2 heterocycles. The molecule has 0 saturated heterocycles. The van der Waals surface area contributed by atoms with E-state index in [1.165, 1.54) is 18.5 Å². The minimum Gasteiger partial charge on any atom is -0.543 e.